The van der Waals surface area contributed by atoms with Crippen molar-refractivity contribution < 1.29 is 157 Å². The molecule has 125 heavy (non-hydrogen) atoms. The highest BCUT2D eigenvalue weighted by molar-refractivity contribution is 6.31. The van der Waals surface area contributed by atoms with Gasteiger partial charge in [0.05, 0.1) is 87.0 Å². The predicted molar refractivity (Wildman–Crippen MR) is 426 cm³/mol. The number of fused-ring (bicyclic) bond motifs is 3. The minimum absolute atomic E-state index is 0.0173. The number of nitrogens with one attached hydrogen (secondary N) is 11. The number of phenols is 3. The normalized spacial score (nSPS) is 20.1. The van der Waals surface area contributed by atoms with Crippen molar-refractivity contribution in [2.75, 3.05) is 46.7 Å². The molecule has 6 rings (SSSR count). The summed E-state index contributed by atoms with van der Waals surface area (Å²) < 4.78 is 17.5. The number of aliphatic hydroxyl groups is 8. The van der Waals surface area contributed by atoms with Crippen LogP contribution in [0.2, 0.25) is 0 Å². The number of nitrogens with two attached hydrogens (primary N) is 4. The molecule has 0 spiro atoms. The molecule has 1 heterocycles. The summed E-state index contributed by atoms with van der Waals surface area (Å²) in [5.74, 6) is -23.4. The number of rotatable bonds is 48. The second-order valence-electron chi connectivity index (χ2n) is 30.3. The van der Waals surface area contributed by atoms with Gasteiger partial charge in [-0.3, -0.25) is 81.5 Å². The number of ether oxygens (including phenoxy) is 3. The van der Waals surface area contributed by atoms with Crippen LogP contribution >= 0.6 is 0 Å². The highest BCUT2D eigenvalue weighted by Crippen LogP contribution is 2.53. The van der Waals surface area contributed by atoms with Gasteiger partial charge in [-0.25, -0.2) is 0 Å². The summed E-state index contributed by atoms with van der Waals surface area (Å²) in [6.45, 7) is -0.802. The fourth-order valence-electron chi connectivity index (χ4n) is 13.9. The van der Waals surface area contributed by atoms with Gasteiger partial charge in [-0.05, 0) is 82.2 Å². The van der Waals surface area contributed by atoms with Gasteiger partial charge in [-0.15, -0.1) is 0 Å². The van der Waals surface area contributed by atoms with Crippen LogP contribution in [0, 0.1) is 5.92 Å². The molecule has 0 bridgehead atoms. The van der Waals surface area contributed by atoms with Crippen LogP contribution in [0.5, 0.6) is 23.0 Å². The third kappa shape index (κ3) is 26.8. The van der Waals surface area contributed by atoms with Gasteiger partial charge in [0.15, 0.2) is 17.9 Å². The lowest BCUT2D eigenvalue weighted by molar-refractivity contribution is -0.249. The average molecular weight is 1770 g/mol. The number of carboxylic acid groups (broad SMARTS) is 1. The molecule has 688 valence electrons. The maximum Gasteiger partial charge on any atom is 0.303 e. The Kier molecular flexibility index (Phi) is 38.0. The van der Waals surface area contributed by atoms with Crippen LogP contribution in [0.1, 0.15) is 153 Å². The van der Waals surface area contributed by atoms with Gasteiger partial charge in [-0.2, -0.15) is 0 Å². The molecule has 3 aromatic rings. The largest absolute Gasteiger partial charge is 0.508 e. The number of amides is 13. The molecular formula is C78H109N15O32. The fourth-order valence-corrected chi connectivity index (χ4v) is 13.9. The molecule has 0 saturated carbocycles. The summed E-state index contributed by atoms with van der Waals surface area (Å²) >= 11 is 0. The number of unbranched alkanes of at least 4 members (excludes halogenated alkanes) is 1. The summed E-state index contributed by atoms with van der Waals surface area (Å²) in [7, 11) is 1.21. The number of benzene rings is 3. The molecular weight excluding hydrogens is 1660 g/mol. The highest BCUT2D eigenvalue weighted by atomic mass is 16.7. The van der Waals surface area contributed by atoms with E-state index in [1.165, 1.54) is 56.5 Å². The molecule has 2 aliphatic carbocycles. The number of hydrogen-bond acceptors (Lipinski definition) is 33. The minimum atomic E-state index is -2.60. The first-order chi connectivity index (χ1) is 59.0. The smallest absolute Gasteiger partial charge is 0.303 e. The quantitative estimate of drug-likeness (QED) is 0.0144. The van der Waals surface area contributed by atoms with Gasteiger partial charge in [0.1, 0.15) is 102 Å². The standard InChI is InChI=1S/C78H109N15O32/c1-6-32(2)60(92-70(114)40(11-7-8-21-79)83-67(111)39(80)23-53(82)103)76(120)91-47(29-96)72(116)87-44(22-35-13-15-36(100)16-14-35)71(115)84-41(17-19-52(81)102)69(113)88-45(27-94)73(117)89-46(28-95)74(118)90-48(30-97)75(119)93-61(33(3)99)77(121)85-42(18-20-54(104)105)68(112)86-43-24-55(124-34(4)62(43)106)125-50-26-78(122,51(101)31-98)25-38-57(50)66(110)59-58(64(38)108)63(107)37-10-9-12-49(123-5)56(37)65(59)109/h9-10,12-16,32-34,39-48,50,55,60-62,94-100,106,108,110,122H,6-8,11,17-31,79-80H2,1-5H3,(H2,81,102)(H2,82,103)(H,83,111)(H,84,115)(H,85,121)(H,86,112)(H,87,116)(H,88,113)(H,89,117)(H,90,118)(H,91,120)(H,92,114)(H,93,119)(H,104,105)/t32-,33+,34-,39-,40-,41-,42-,43-,44-,45-,46-,47-,48-,50-,55+,60-,61-,62+,78-/m0/s1. The number of aromatic hydroxyl groups is 3. The molecule has 13 amide bonds. The van der Waals surface area contributed by atoms with Crippen LogP contribution in [-0.2, 0) is 94.2 Å². The Hall–Kier alpha value is -12.0. The number of carboxylic acids is 1. The zero-order valence-corrected chi connectivity index (χ0v) is 68.7. The molecule has 31 N–H and O–H groups in total. The van der Waals surface area contributed by atoms with Crippen LogP contribution in [0.4, 0.5) is 0 Å². The summed E-state index contributed by atoms with van der Waals surface area (Å²) in [5.41, 5.74) is 16.9. The van der Waals surface area contributed by atoms with Crippen molar-refractivity contribution in [1.29, 1.82) is 0 Å². The second-order valence-corrected chi connectivity index (χ2v) is 30.3. The second kappa shape index (κ2) is 46.6. The van der Waals surface area contributed by atoms with Crippen molar-refractivity contribution in [3.63, 3.8) is 0 Å². The van der Waals surface area contributed by atoms with Gasteiger partial charge in [-0.1, -0.05) is 44.5 Å². The van der Waals surface area contributed by atoms with Crippen molar-refractivity contribution >= 4 is 100 Å². The van der Waals surface area contributed by atoms with Crippen molar-refractivity contribution in [1.82, 2.24) is 58.5 Å². The summed E-state index contributed by atoms with van der Waals surface area (Å²) in [6.07, 6.45) is -13.8. The number of aliphatic carboxylic acids is 1. The summed E-state index contributed by atoms with van der Waals surface area (Å²) in [6, 6.07) is -12.9. The van der Waals surface area contributed by atoms with Crippen molar-refractivity contribution in [2.24, 2.45) is 28.9 Å². The molecule has 0 unspecified atom stereocenters. The van der Waals surface area contributed by atoms with Crippen LogP contribution in [0.15, 0.2) is 42.5 Å². The Bertz CT molecular complexity index is 4480. The maximum absolute atomic E-state index is 14.4. The Labute approximate surface area is 712 Å². The van der Waals surface area contributed by atoms with Gasteiger partial charge in [0.25, 0.3) is 0 Å². The lowest BCUT2D eigenvalue weighted by Gasteiger charge is -2.43. The molecule has 3 aromatic carbocycles. The number of aliphatic hydroxyl groups excluding tert-OH is 7. The number of carbonyl (C=O) groups excluding carboxylic acids is 16. The van der Waals surface area contributed by atoms with E-state index in [1.54, 1.807) is 13.8 Å². The van der Waals surface area contributed by atoms with E-state index < -0.39 is 339 Å². The van der Waals surface area contributed by atoms with Crippen LogP contribution in [-0.4, -0.2) is 311 Å². The number of phenolic OH excluding ortho intramolecular Hbond substituents is 3. The Morgan fingerprint density at radius 1 is 0.584 bits per heavy atom. The monoisotopic (exact) mass is 1770 g/mol. The average Bonchev–Trinajstić information content (AvgIpc) is 0.709. The SMILES string of the molecule is CC[C@H](C)[C@H](NC(=O)[C@H](CCCCN)NC(=O)[C@@H](N)CC(N)=O)C(=O)N[C@@H](CO)C(=O)N[C@@H](Cc1ccc(O)cc1)C(=O)N[C@@H](CCC(N)=O)C(=O)N[C@@H](CO)C(=O)N[C@@H](CO)C(=O)N[C@@H](CO)C(=O)N[C@H](C(=O)N[C@@H](CCC(=O)O)C(=O)N[C@H]1C[C@@H](O[C@H]2C[C@](O)(C(=O)CO)Cc3c(O)c4c(c(O)c32)C(=O)c2c(OC)cccc2C4=O)O[C@@H](C)[C@H]1O)[C@@H](C)O. The minimum Gasteiger partial charge on any atom is -0.508 e. The predicted octanol–water partition coefficient (Wildman–Crippen LogP) is -10.2. The third-order valence-electron chi connectivity index (χ3n) is 21.1. The molecule has 19 atom stereocenters. The van der Waals surface area contributed by atoms with Crippen LogP contribution in [0.25, 0.3) is 0 Å². The number of ketones is 3. The molecule has 0 aromatic heterocycles. The van der Waals surface area contributed by atoms with E-state index in [9.17, 15) is 143 Å². The Balaban J connectivity index is 1.13. The van der Waals surface area contributed by atoms with Crippen LogP contribution in [0.3, 0.4) is 0 Å². The Morgan fingerprint density at radius 2 is 1.06 bits per heavy atom. The van der Waals surface area contributed by atoms with Gasteiger partial charge in [0.2, 0.25) is 82.6 Å². The van der Waals surface area contributed by atoms with E-state index in [0.29, 0.717) is 12.8 Å². The van der Waals surface area contributed by atoms with E-state index in [0.717, 1.165) is 6.92 Å². The summed E-state index contributed by atoms with van der Waals surface area (Å²) in [5, 5.41) is 154. The van der Waals surface area contributed by atoms with Gasteiger partial charge < -0.3 is 157 Å². The first kappa shape index (κ1) is 102. The fraction of sp³-hybridized carbons (Fsp3) is 0.551. The molecule has 47 heteroatoms. The van der Waals surface area contributed by atoms with Gasteiger partial charge in [0, 0.05) is 55.2 Å². The van der Waals surface area contributed by atoms with E-state index in [2.05, 4.69) is 42.5 Å². The molecule has 1 fully saturated rings. The maximum atomic E-state index is 14.4. The van der Waals surface area contributed by atoms with Crippen molar-refractivity contribution in [3.8, 4) is 23.0 Å². The zero-order chi connectivity index (χ0) is 93.3. The van der Waals surface area contributed by atoms with E-state index in [-0.39, 0.29) is 47.6 Å². The molecule has 1 aliphatic heterocycles. The van der Waals surface area contributed by atoms with E-state index >= 15 is 0 Å². The van der Waals surface area contributed by atoms with Crippen LogP contribution < -0.4 is 86.2 Å². The molecule has 1 saturated heterocycles. The van der Waals surface area contributed by atoms with Gasteiger partial charge >= 0.3 is 5.97 Å². The van der Waals surface area contributed by atoms with Crippen molar-refractivity contribution in [3.05, 3.63) is 81.4 Å². The topological polar surface area (TPSA) is 797 Å². The lowest BCUT2D eigenvalue weighted by atomic mass is 9.72. The lowest BCUT2D eigenvalue weighted by Crippen LogP contribution is -2.63. The number of Topliss-reactive ketones (excluding diaryl/α,β-unsaturated/α-hetero) is 1. The highest BCUT2D eigenvalue weighted by Gasteiger charge is 2.51. The third-order valence-corrected chi connectivity index (χ3v) is 21.1. The van der Waals surface area contributed by atoms with E-state index in [1.807, 2.05) is 16.0 Å². The molecule has 0 radical (unpaired) electrons. The first-order valence-electron chi connectivity index (χ1n) is 39.7. The summed E-state index contributed by atoms with van der Waals surface area (Å²) in [4.78, 5) is 231. The zero-order valence-electron chi connectivity index (χ0n) is 68.7. The van der Waals surface area contributed by atoms with E-state index in [4.69, 9.17) is 37.1 Å². The number of primary amides is 2. The molecule has 3 aliphatic rings. The molecule has 47 nitrogen and oxygen atoms in total. The number of methoxy groups -OCH3 is 1. The number of hydrogen-bond donors (Lipinski definition) is 27. The van der Waals surface area contributed by atoms with Crippen molar-refractivity contribution in [2.45, 2.75) is 220 Å². The number of carbonyl (C=O) groups is 17. The Morgan fingerprint density at radius 3 is 1.59 bits per heavy atom. The first-order valence-corrected chi connectivity index (χ1v) is 39.7.